The van der Waals surface area contributed by atoms with Crippen molar-refractivity contribution in [3.05, 3.63) is 0 Å². The highest BCUT2D eigenvalue weighted by atomic mass is 32.2. The van der Waals surface area contributed by atoms with Gasteiger partial charge in [-0.15, -0.1) is 0 Å². The highest BCUT2D eigenvalue weighted by Gasteiger charge is 2.31. The van der Waals surface area contributed by atoms with Gasteiger partial charge in [-0.25, -0.2) is 4.79 Å². The number of carbonyl (C=O) groups excluding carboxylic acids is 4. The van der Waals surface area contributed by atoms with Gasteiger partial charge in [0.15, 0.2) is 0 Å². The Labute approximate surface area is 188 Å². The third-order valence-corrected chi connectivity index (χ3v) is 5.11. The predicted molar refractivity (Wildman–Crippen MR) is 119 cm³/mol. The van der Waals surface area contributed by atoms with Crippen molar-refractivity contribution in [2.45, 2.75) is 71.5 Å². The fraction of sp³-hybridized carbons (Fsp3) is 0.750. The van der Waals surface area contributed by atoms with Crippen LogP contribution in [0.2, 0.25) is 0 Å². The number of carboxylic acids is 1. The van der Waals surface area contributed by atoms with Gasteiger partial charge < -0.3 is 26.4 Å². The molecule has 0 radical (unpaired) electrons. The maximum absolute atomic E-state index is 12.8. The molecule has 5 N–H and O–H groups in total. The minimum Gasteiger partial charge on any atom is -0.480 e. The summed E-state index contributed by atoms with van der Waals surface area (Å²) in [6, 6.07) is -2.88. The van der Waals surface area contributed by atoms with E-state index in [1.165, 1.54) is 18.7 Å². The van der Waals surface area contributed by atoms with Crippen LogP contribution < -0.4 is 21.3 Å². The van der Waals surface area contributed by atoms with Crippen LogP contribution in [0.25, 0.3) is 0 Å². The average molecular weight is 461 g/mol. The number of hydrogen-bond acceptors (Lipinski definition) is 6. The molecule has 10 nitrogen and oxygen atoms in total. The standard InChI is InChI=1S/C20H36N4O6S/c1-6-7-8-15(20(29)30)23-19(28)17(12(2)3)24-18(27)14(9-10-31-5)22-16(26)11-21-13(4)25/h12,14-15,17H,6-11H2,1-5H3,(H,21,25)(H,22,26)(H,23,28)(H,24,27)(H,29,30)/t14-,15-,17-/m0/s1. The molecule has 0 aromatic heterocycles. The van der Waals surface area contributed by atoms with Crippen LogP contribution in [0.4, 0.5) is 0 Å². The van der Waals surface area contributed by atoms with Crippen molar-refractivity contribution < 1.29 is 29.1 Å². The maximum atomic E-state index is 12.8. The zero-order chi connectivity index (χ0) is 24.0. The summed E-state index contributed by atoms with van der Waals surface area (Å²) in [5.41, 5.74) is 0. The molecular weight excluding hydrogens is 424 g/mol. The number of amides is 4. The first-order chi connectivity index (χ1) is 14.5. The van der Waals surface area contributed by atoms with Gasteiger partial charge in [-0.1, -0.05) is 33.6 Å². The number of hydrogen-bond donors (Lipinski definition) is 5. The third-order valence-electron chi connectivity index (χ3n) is 4.47. The van der Waals surface area contributed by atoms with Crippen molar-refractivity contribution in [2.24, 2.45) is 5.92 Å². The Morgan fingerprint density at radius 3 is 2.06 bits per heavy atom. The molecule has 11 heteroatoms. The van der Waals surface area contributed by atoms with Crippen molar-refractivity contribution in [3.8, 4) is 0 Å². The second-order valence-electron chi connectivity index (χ2n) is 7.58. The highest BCUT2D eigenvalue weighted by molar-refractivity contribution is 7.98. The summed E-state index contributed by atoms with van der Waals surface area (Å²) in [7, 11) is 0. The first-order valence-electron chi connectivity index (χ1n) is 10.4. The molecule has 0 heterocycles. The number of thioether (sulfide) groups is 1. The van der Waals surface area contributed by atoms with Gasteiger partial charge in [0, 0.05) is 6.92 Å². The average Bonchev–Trinajstić information content (AvgIpc) is 2.69. The number of rotatable bonds is 15. The zero-order valence-electron chi connectivity index (χ0n) is 18.9. The monoisotopic (exact) mass is 460 g/mol. The number of nitrogens with one attached hydrogen (secondary N) is 4. The van der Waals surface area contributed by atoms with E-state index >= 15 is 0 Å². The van der Waals surface area contributed by atoms with Crippen LogP contribution in [0, 0.1) is 5.92 Å². The molecule has 178 valence electrons. The lowest BCUT2D eigenvalue weighted by atomic mass is 10.0. The molecule has 0 unspecified atom stereocenters. The minimum absolute atomic E-state index is 0.260. The Kier molecular flexibility index (Phi) is 14.3. The lowest BCUT2D eigenvalue weighted by Gasteiger charge is -2.26. The van der Waals surface area contributed by atoms with Crippen LogP contribution in [0.5, 0.6) is 0 Å². The summed E-state index contributed by atoms with van der Waals surface area (Å²) in [5, 5.41) is 19.4. The molecule has 0 rings (SSSR count). The van der Waals surface area contributed by atoms with Crippen LogP contribution in [-0.2, 0) is 24.0 Å². The maximum Gasteiger partial charge on any atom is 0.326 e. The summed E-state index contributed by atoms with van der Waals surface area (Å²) in [6.45, 7) is 6.41. The van der Waals surface area contributed by atoms with Crippen LogP contribution in [0.3, 0.4) is 0 Å². The highest BCUT2D eigenvalue weighted by Crippen LogP contribution is 2.08. The molecule has 3 atom stereocenters. The first-order valence-corrected chi connectivity index (χ1v) is 11.8. The zero-order valence-corrected chi connectivity index (χ0v) is 19.8. The van der Waals surface area contributed by atoms with E-state index in [2.05, 4.69) is 21.3 Å². The number of aliphatic carboxylic acids is 1. The van der Waals surface area contributed by atoms with Crippen LogP contribution >= 0.6 is 11.8 Å². The molecule has 0 aliphatic rings. The van der Waals surface area contributed by atoms with E-state index in [4.69, 9.17) is 0 Å². The predicted octanol–water partition coefficient (Wildman–Crippen LogP) is 0.261. The van der Waals surface area contributed by atoms with Gasteiger partial charge in [0.1, 0.15) is 18.1 Å². The second-order valence-corrected chi connectivity index (χ2v) is 8.57. The fourth-order valence-electron chi connectivity index (χ4n) is 2.67. The SMILES string of the molecule is CCCC[C@H](NC(=O)[C@@H](NC(=O)[C@H](CCSC)NC(=O)CNC(C)=O)C(C)C)C(=O)O. The van der Waals surface area contributed by atoms with E-state index in [1.807, 2.05) is 13.2 Å². The van der Waals surface area contributed by atoms with E-state index in [-0.39, 0.29) is 18.4 Å². The minimum atomic E-state index is -1.13. The molecule has 0 aliphatic heterocycles. The second kappa shape index (κ2) is 15.5. The first kappa shape index (κ1) is 28.7. The number of carboxylic acid groups (broad SMARTS) is 1. The molecule has 0 spiro atoms. The van der Waals surface area contributed by atoms with Crippen molar-refractivity contribution >= 4 is 41.4 Å². The normalized spacial score (nSPS) is 13.6. The Bertz CT molecular complexity index is 629. The molecule has 0 saturated heterocycles. The largest absolute Gasteiger partial charge is 0.480 e. The van der Waals surface area contributed by atoms with Crippen LogP contribution in [0.15, 0.2) is 0 Å². The van der Waals surface area contributed by atoms with E-state index < -0.39 is 41.8 Å². The van der Waals surface area contributed by atoms with Gasteiger partial charge in [0.05, 0.1) is 6.54 Å². The van der Waals surface area contributed by atoms with E-state index in [0.29, 0.717) is 25.0 Å². The molecule has 0 aliphatic carbocycles. The van der Waals surface area contributed by atoms with Gasteiger partial charge in [0.25, 0.3) is 0 Å². The summed E-state index contributed by atoms with van der Waals surface area (Å²) < 4.78 is 0. The summed E-state index contributed by atoms with van der Waals surface area (Å²) >= 11 is 1.50. The van der Waals surface area contributed by atoms with Crippen molar-refractivity contribution in [3.63, 3.8) is 0 Å². The Balaban J connectivity index is 5.22. The quantitative estimate of drug-likeness (QED) is 0.235. The molecular formula is C20H36N4O6S. The number of carbonyl (C=O) groups is 5. The lowest BCUT2D eigenvalue weighted by molar-refractivity contribution is -0.142. The van der Waals surface area contributed by atoms with E-state index in [1.54, 1.807) is 13.8 Å². The molecule has 0 saturated carbocycles. The molecule has 0 aromatic carbocycles. The van der Waals surface area contributed by atoms with E-state index in [0.717, 1.165) is 6.42 Å². The van der Waals surface area contributed by atoms with Crippen molar-refractivity contribution in [1.82, 2.24) is 21.3 Å². The number of unbranched alkanes of at least 4 members (excludes halogenated alkanes) is 1. The summed E-state index contributed by atoms with van der Waals surface area (Å²) in [4.78, 5) is 60.0. The molecule has 4 amide bonds. The van der Waals surface area contributed by atoms with Gasteiger partial charge in [-0.3, -0.25) is 19.2 Å². The van der Waals surface area contributed by atoms with Gasteiger partial charge in [0.2, 0.25) is 23.6 Å². The van der Waals surface area contributed by atoms with Crippen molar-refractivity contribution in [1.29, 1.82) is 0 Å². The topological polar surface area (TPSA) is 154 Å². The molecule has 0 bridgehead atoms. The van der Waals surface area contributed by atoms with Crippen LogP contribution in [-0.4, -0.2) is 71.4 Å². The van der Waals surface area contributed by atoms with Gasteiger partial charge >= 0.3 is 5.97 Å². The third kappa shape index (κ3) is 12.2. The van der Waals surface area contributed by atoms with Crippen molar-refractivity contribution in [2.75, 3.05) is 18.6 Å². The fourth-order valence-corrected chi connectivity index (χ4v) is 3.14. The smallest absolute Gasteiger partial charge is 0.326 e. The molecule has 0 fully saturated rings. The Hall–Kier alpha value is -2.30. The molecule has 0 aromatic rings. The lowest BCUT2D eigenvalue weighted by Crippen LogP contribution is -2.58. The summed E-state index contributed by atoms with van der Waals surface area (Å²) in [6.07, 6.45) is 3.93. The Morgan fingerprint density at radius 2 is 1.58 bits per heavy atom. The molecule has 31 heavy (non-hydrogen) atoms. The van der Waals surface area contributed by atoms with Crippen LogP contribution in [0.1, 0.15) is 53.4 Å². The summed E-state index contributed by atoms with van der Waals surface area (Å²) in [5.74, 6) is -2.85. The van der Waals surface area contributed by atoms with Gasteiger partial charge in [-0.2, -0.15) is 11.8 Å². The van der Waals surface area contributed by atoms with Gasteiger partial charge in [-0.05, 0) is 30.8 Å². The van der Waals surface area contributed by atoms with E-state index in [9.17, 15) is 29.1 Å². The Morgan fingerprint density at radius 1 is 0.935 bits per heavy atom.